The maximum absolute atomic E-state index is 12.1. The fraction of sp³-hybridized carbons (Fsp3) is 0.160. The molecule has 2 aromatic carbocycles. The van der Waals surface area contributed by atoms with E-state index in [-0.39, 0.29) is 22.6 Å². The van der Waals surface area contributed by atoms with Crippen LogP contribution in [0, 0.1) is 0 Å². The second-order valence-corrected chi connectivity index (χ2v) is 7.88. The predicted octanol–water partition coefficient (Wildman–Crippen LogP) is 5.52. The zero-order valence-electron chi connectivity index (χ0n) is 18.4. The van der Waals surface area contributed by atoms with E-state index in [1.165, 1.54) is 31.7 Å². The Kier molecular flexibility index (Phi) is 8.21. The molecule has 0 aliphatic rings. The molecule has 6 nitrogen and oxygen atoms in total. The molecule has 0 heterocycles. The molecule has 166 valence electrons. The standard InChI is InChI=1S/C25H24O6S/c1-14(2)23(26)29-19-10-8-17(12-21(19)31-25(28)16(5)6)18-9-11-20(22(13-18)32-7)30-24(27)15(3)4/h8-13H,1,3,5H2,2,4,6-7H3. The van der Waals surface area contributed by atoms with Gasteiger partial charge in [0.25, 0.3) is 0 Å². The molecule has 0 spiro atoms. The number of ether oxygens (including phenoxy) is 3. The average Bonchev–Trinajstić information content (AvgIpc) is 2.74. The molecule has 0 saturated carbocycles. The molecule has 0 saturated heterocycles. The van der Waals surface area contributed by atoms with Crippen LogP contribution < -0.4 is 14.2 Å². The van der Waals surface area contributed by atoms with Crippen LogP contribution in [0.3, 0.4) is 0 Å². The van der Waals surface area contributed by atoms with Crippen molar-refractivity contribution in [3.63, 3.8) is 0 Å². The maximum Gasteiger partial charge on any atom is 0.338 e. The summed E-state index contributed by atoms with van der Waals surface area (Å²) in [6.45, 7) is 15.3. The summed E-state index contributed by atoms with van der Waals surface area (Å²) in [5.41, 5.74) is 2.16. The Hall–Kier alpha value is -3.58. The summed E-state index contributed by atoms with van der Waals surface area (Å²) in [6.07, 6.45) is 1.86. The van der Waals surface area contributed by atoms with E-state index in [4.69, 9.17) is 14.2 Å². The molecule has 0 atom stereocenters. The summed E-state index contributed by atoms with van der Waals surface area (Å²) in [4.78, 5) is 36.7. The van der Waals surface area contributed by atoms with E-state index in [1.807, 2.05) is 12.3 Å². The Balaban J connectivity index is 2.48. The first-order valence-corrected chi connectivity index (χ1v) is 10.7. The van der Waals surface area contributed by atoms with E-state index in [2.05, 4.69) is 19.7 Å². The van der Waals surface area contributed by atoms with Crippen LogP contribution in [0.25, 0.3) is 11.1 Å². The zero-order chi connectivity index (χ0) is 24.0. The third-order valence-electron chi connectivity index (χ3n) is 4.09. The molecule has 0 aliphatic heterocycles. The molecule has 0 aliphatic carbocycles. The van der Waals surface area contributed by atoms with E-state index >= 15 is 0 Å². The van der Waals surface area contributed by atoms with Crippen molar-refractivity contribution >= 4 is 29.7 Å². The van der Waals surface area contributed by atoms with Gasteiger partial charge in [-0.3, -0.25) is 0 Å². The quantitative estimate of drug-likeness (QED) is 0.226. The van der Waals surface area contributed by atoms with Crippen molar-refractivity contribution in [2.24, 2.45) is 0 Å². The molecule has 0 bridgehead atoms. The maximum atomic E-state index is 12.1. The first kappa shape index (κ1) is 24.7. The molecule has 7 heteroatoms. The smallest absolute Gasteiger partial charge is 0.338 e. The molecule has 2 rings (SSSR count). The largest absolute Gasteiger partial charge is 0.422 e. The van der Waals surface area contributed by atoms with Gasteiger partial charge in [-0.25, -0.2) is 14.4 Å². The molecule has 32 heavy (non-hydrogen) atoms. The van der Waals surface area contributed by atoms with Gasteiger partial charge in [0.05, 0.1) is 4.90 Å². The van der Waals surface area contributed by atoms with E-state index in [0.29, 0.717) is 16.9 Å². The minimum Gasteiger partial charge on any atom is -0.422 e. The van der Waals surface area contributed by atoms with Gasteiger partial charge in [-0.15, -0.1) is 11.8 Å². The van der Waals surface area contributed by atoms with Crippen molar-refractivity contribution < 1.29 is 28.6 Å². The summed E-state index contributed by atoms with van der Waals surface area (Å²) in [6, 6.07) is 10.1. The number of carbonyl (C=O) groups excluding carboxylic acids is 3. The molecule has 0 N–H and O–H groups in total. The number of hydrogen-bond donors (Lipinski definition) is 0. The Bertz CT molecular complexity index is 1130. The summed E-state index contributed by atoms with van der Waals surface area (Å²) >= 11 is 1.41. The summed E-state index contributed by atoms with van der Waals surface area (Å²) in [5.74, 6) is -1.25. The van der Waals surface area contributed by atoms with E-state index < -0.39 is 17.9 Å². The average molecular weight is 453 g/mol. The van der Waals surface area contributed by atoms with E-state index in [0.717, 1.165) is 10.5 Å². The molecular formula is C25H24O6S. The van der Waals surface area contributed by atoms with Crippen LogP contribution in [0.5, 0.6) is 17.2 Å². The van der Waals surface area contributed by atoms with Gasteiger partial charge in [0.1, 0.15) is 5.75 Å². The van der Waals surface area contributed by atoms with Crippen LogP contribution in [0.15, 0.2) is 77.7 Å². The van der Waals surface area contributed by atoms with Crippen molar-refractivity contribution in [1.29, 1.82) is 0 Å². The van der Waals surface area contributed by atoms with Crippen LogP contribution in [0.4, 0.5) is 0 Å². The van der Waals surface area contributed by atoms with Crippen LogP contribution >= 0.6 is 11.8 Å². The van der Waals surface area contributed by atoms with Gasteiger partial charge < -0.3 is 14.2 Å². The lowest BCUT2D eigenvalue weighted by atomic mass is 10.0. The fourth-order valence-electron chi connectivity index (χ4n) is 2.34. The topological polar surface area (TPSA) is 78.9 Å². The summed E-state index contributed by atoms with van der Waals surface area (Å²) in [5, 5.41) is 0. The van der Waals surface area contributed by atoms with Crippen LogP contribution in [0.2, 0.25) is 0 Å². The highest BCUT2D eigenvalue weighted by atomic mass is 32.2. The lowest BCUT2D eigenvalue weighted by Gasteiger charge is -2.14. The molecular weight excluding hydrogens is 428 g/mol. The van der Waals surface area contributed by atoms with Crippen LogP contribution in [-0.4, -0.2) is 24.2 Å². The second kappa shape index (κ2) is 10.6. The highest BCUT2D eigenvalue weighted by molar-refractivity contribution is 7.98. The number of thioether (sulfide) groups is 1. The normalized spacial score (nSPS) is 10.1. The number of rotatable bonds is 8. The first-order chi connectivity index (χ1) is 15.0. The highest BCUT2D eigenvalue weighted by Crippen LogP contribution is 2.37. The van der Waals surface area contributed by atoms with Gasteiger partial charge >= 0.3 is 17.9 Å². The number of benzene rings is 2. The lowest BCUT2D eigenvalue weighted by molar-refractivity contribution is -0.132. The van der Waals surface area contributed by atoms with Crippen molar-refractivity contribution in [2.75, 3.05) is 6.26 Å². The van der Waals surface area contributed by atoms with Crippen molar-refractivity contribution in [2.45, 2.75) is 25.7 Å². The Morgan fingerprint density at radius 2 is 1.06 bits per heavy atom. The Labute approximate surface area is 191 Å². The van der Waals surface area contributed by atoms with E-state index in [1.54, 1.807) is 31.2 Å². The number of carbonyl (C=O) groups is 3. The third kappa shape index (κ3) is 6.21. The van der Waals surface area contributed by atoms with Crippen molar-refractivity contribution in [3.8, 4) is 28.4 Å². The van der Waals surface area contributed by atoms with Crippen LogP contribution in [0.1, 0.15) is 20.8 Å². The fourth-order valence-corrected chi connectivity index (χ4v) is 2.90. The van der Waals surface area contributed by atoms with Gasteiger partial charge in [-0.2, -0.15) is 0 Å². The van der Waals surface area contributed by atoms with Gasteiger partial charge in [-0.05, 0) is 62.4 Å². The third-order valence-corrected chi connectivity index (χ3v) is 4.85. The van der Waals surface area contributed by atoms with E-state index in [9.17, 15) is 14.4 Å². The SMILES string of the molecule is C=C(C)C(=O)Oc1ccc(-c2ccc(OC(=O)C(=C)C)c(SC)c2)cc1OC(=O)C(=C)C. The minimum absolute atomic E-state index is 0.0635. The second-order valence-electron chi connectivity index (χ2n) is 7.04. The zero-order valence-corrected chi connectivity index (χ0v) is 19.3. The molecule has 0 fully saturated rings. The van der Waals surface area contributed by atoms with Crippen molar-refractivity contribution in [3.05, 3.63) is 72.9 Å². The van der Waals surface area contributed by atoms with Crippen molar-refractivity contribution in [1.82, 2.24) is 0 Å². The van der Waals surface area contributed by atoms with Gasteiger partial charge in [0.2, 0.25) is 0 Å². The first-order valence-electron chi connectivity index (χ1n) is 9.49. The molecule has 0 amide bonds. The predicted molar refractivity (Wildman–Crippen MR) is 125 cm³/mol. The minimum atomic E-state index is -0.651. The van der Waals surface area contributed by atoms with Gasteiger partial charge in [-0.1, -0.05) is 31.9 Å². The number of esters is 3. The molecule has 0 radical (unpaired) electrons. The lowest BCUT2D eigenvalue weighted by Crippen LogP contribution is -2.12. The monoisotopic (exact) mass is 452 g/mol. The molecule has 0 unspecified atom stereocenters. The molecule has 0 aromatic heterocycles. The van der Waals surface area contributed by atoms with Gasteiger partial charge in [0.15, 0.2) is 11.5 Å². The highest BCUT2D eigenvalue weighted by Gasteiger charge is 2.17. The Morgan fingerprint density at radius 1 is 0.656 bits per heavy atom. The summed E-state index contributed by atoms with van der Waals surface area (Å²) < 4.78 is 16.0. The van der Waals surface area contributed by atoms with Crippen LogP contribution in [-0.2, 0) is 14.4 Å². The van der Waals surface area contributed by atoms with Gasteiger partial charge in [0, 0.05) is 16.7 Å². The summed E-state index contributed by atoms with van der Waals surface area (Å²) in [7, 11) is 0. The Morgan fingerprint density at radius 3 is 1.53 bits per heavy atom. The number of hydrogen-bond acceptors (Lipinski definition) is 7. The molecule has 2 aromatic rings.